The van der Waals surface area contributed by atoms with Gasteiger partial charge in [0.2, 0.25) is 17.7 Å². The molecule has 0 unspecified atom stereocenters. The maximum Gasteiger partial charge on any atom is 0.250 e. The minimum Gasteiger partial charge on any atom is -0.366 e. The van der Waals surface area contributed by atoms with Crippen molar-refractivity contribution in [3.05, 3.63) is 29.3 Å². The number of amides is 3. The number of nitrogens with one attached hydrogen (secondary N) is 1. The Morgan fingerprint density at radius 2 is 1.52 bits per heavy atom. The molecule has 1 aromatic carbocycles. The third-order valence-corrected chi connectivity index (χ3v) is 2.42. The lowest BCUT2D eigenvalue weighted by Gasteiger charge is -2.19. The predicted molar refractivity (Wildman–Crippen MR) is 77.8 cm³/mol. The summed E-state index contributed by atoms with van der Waals surface area (Å²) < 4.78 is 5.32. The predicted octanol–water partition coefficient (Wildman–Crippen LogP) is 0.638. The van der Waals surface area contributed by atoms with Gasteiger partial charge in [0.1, 0.15) is 6.61 Å². The number of carbonyl (C=O) groups excluding carboxylic acids is 3. The molecule has 0 bridgehead atoms. The van der Waals surface area contributed by atoms with Crippen LogP contribution in [0, 0.1) is 0 Å². The Bertz CT molecular complexity index is 544. The molecule has 0 fully saturated rings. The van der Waals surface area contributed by atoms with Crippen LogP contribution in [0.3, 0.4) is 0 Å². The van der Waals surface area contributed by atoms with Crippen LogP contribution >= 0.6 is 0 Å². The van der Waals surface area contributed by atoms with Crippen molar-refractivity contribution in [3.63, 3.8) is 0 Å². The van der Waals surface area contributed by atoms with E-state index in [1.54, 1.807) is 0 Å². The standard InChI is InChI=1S/C14H19N3O4/c1-14(2,3)21-7-11(18)17-10-5-8(12(15)19)4-9(6-10)13(16)20/h4-6H,7H2,1-3H3,(H2,15,19)(H2,16,20)(H,17,18). The Hall–Kier alpha value is -2.41. The molecule has 0 saturated carbocycles. The van der Waals surface area contributed by atoms with E-state index in [4.69, 9.17) is 16.2 Å². The lowest BCUT2D eigenvalue weighted by Crippen LogP contribution is -2.27. The van der Waals surface area contributed by atoms with Gasteiger partial charge in [-0.3, -0.25) is 14.4 Å². The Balaban J connectivity index is 2.89. The van der Waals surface area contributed by atoms with E-state index in [1.165, 1.54) is 18.2 Å². The average molecular weight is 293 g/mol. The van der Waals surface area contributed by atoms with Crippen LogP contribution in [0.4, 0.5) is 5.69 Å². The first-order chi connectivity index (χ1) is 9.58. The van der Waals surface area contributed by atoms with Crippen molar-refractivity contribution in [1.82, 2.24) is 0 Å². The number of hydrogen-bond acceptors (Lipinski definition) is 4. The molecule has 0 heterocycles. The topological polar surface area (TPSA) is 125 Å². The first-order valence-electron chi connectivity index (χ1n) is 6.27. The zero-order valence-electron chi connectivity index (χ0n) is 12.2. The van der Waals surface area contributed by atoms with Crippen molar-refractivity contribution < 1.29 is 19.1 Å². The first-order valence-corrected chi connectivity index (χ1v) is 6.27. The molecule has 0 aliphatic heterocycles. The van der Waals surface area contributed by atoms with Gasteiger partial charge < -0.3 is 21.5 Å². The minimum absolute atomic E-state index is 0.0818. The summed E-state index contributed by atoms with van der Waals surface area (Å²) >= 11 is 0. The van der Waals surface area contributed by atoms with Crippen LogP contribution in [-0.4, -0.2) is 29.9 Å². The van der Waals surface area contributed by atoms with Crippen LogP contribution in [0.5, 0.6) is 0 Å². The normalized spacial score (nSPS) is 11.0. The molecule has 1 rings (SSSR count). The van der Waals surface area contributed by atoms with Gasteiger partial charge in [0.25, 0.3) is 0 Å². The second-order valence-corrected chi connectivity index (χ2v) is 5.48. The van der Waals surface area contributed by atoms with Crippen LogP contribution in [-0.2, 0) is 9.53 Å². The summed E-state index contributed by atoms with van der Waals surface area (Å²) in [6.07, 6.45) is 0. The van der Waals surface area contributed by atoms with Crippen molar-refractivity contribution in [3.8, 4) is 0 Å². The van der Waals surface area contributed by atoms with Gasteiger partial charge in [-0.2, -0.15) is 0 Å². The molecule has 0 radical (unpaired) electrons. The number of rotatable bonds is 5. The monoisotopic (exact) mass is 293 g/mol. The van der Waals surface area contributed by atoms with Crippen molar-refractivity contribution in [2.45, 2.75) is 26.4 Å². The molecule has 0 aliphatic rings. The largest absolute Gasteiger partial charge is 0.366 e. The van der Waals surface area contributed by atoms with Gasteiger partial charge in [0.15, 0.2) is 0 Å². The summed E-state index contributed by atoms with van der Waals surface area (Å²) in [5.41, 5.74) is 10.3. The summed E-state index contributed by atoms with van der Waals surface area (Å²) in [5.74, 6) is -1.86. The fourth-order valence-electron chi connectivity index (χ4n) is 1.46. The van der Waals surface area contributed by atoms with Crippen LogP contribution in [0.25, 0.3) is 0 Å². The summed E-state index contributed by atoms with van der Waals surface area (Å²) in [4.78, 5) is 34.2. The number of ether oxygens (including phenoxy) is 1. The first kappa shape index (κ1) is 16.6. The molecule has 21 heavy (non-hydrogen) atoms. The maximum absolute atomic E-state index is 11.8. The summed E-state index contributed by atoms with van der Waals surface area (Å²) in [6.45, 7) is 5.30. The van der Waals surface area contributed by atoms with Gasteiger partial charge in [0.05, 0.1) is 5.60 Å². The highest BCUT2D eigenvalue weighted by Gasteiger charge is 2.14. The maximum atomic E-state index is 11.8. The SMILES string of the molecule is CC(C)(C)OCC(=O)Nc1cc(C(N)=O)cc(C(N)=O)c1. The third-order valence-electron chi connectivity index (χ3n) is 2.42. The smallest absolute Gasteiger partial charge is 0.250 e. The number of nitrogens with two attached hydrogens (primary N) is 2. The molecule has 1 aromatic rings. The number of benzene rings is 1. The highest BCUT2D eigenvalue weighted by molar-refractivity contribution is 6.01. The highest BCUT2D eigenvalue weighted by Crippen LogP contribution is 2.15. The van der Waals surface area contributed by atoms with Crippen LogP contribution in [0.15, 0.2) is 18.2 Å². The molecule has 3 amide bonds. The van der Waals surface area contributed by atoms with Gasteiger partial charge >= 0.3 is 0 Å². The molecular formula is C14H19N3O4. The molecule has 0 spiro atoms. The minimum atomic E-state index is -0.723. The number of anilines is 1. The lowest BCUT2D eigenvalue weighted by atomic mass is 10.1. The van der Waals surface area contributed by atoms with E-state index in [2.05, 4.69) is 5.32 Å². The van der Waals surface area contributed by atoms with Gasteiger partial charge in [-0.1, -0.05) is 0 Å². The zero-order valence-corrected chi connectivity index (χ0v) is 12.2. The third kappa shape index (κ3) is 5.62. The van der Waals surface area contributed by atoms with E-state index in [-0.39, 0.29) is 23.4 Å². The second kappa shape index (κ2) is 6.36. The van der Waals surface area contributed by atoms with Crippen molar-refractivity contribution in [1.29, 1.82) is 0 Å². The van der Waals surface area contributed by atoms with Gasteiger partial charge in [-0.25, -0.2) is 0 Å². The van der Waals surface area contributed by atoms with Gasteiger partial charge in [-0.15, -0.1) is 0 Å². The molecule has 0 saturated heterocycles. The average Bonchev–Trinajstić information content (AvgIpc) is 2.35. The van der Waals surface area contributed by atoms with E-state index in [1.807, 2.05) is 20.8 Å². The summed E-state index contributed by atoms with van der Waals surface area (Å²) in [6, 6.07) is 4.00. The van der Waals surface area contributed by atoms with Crippen molar-refractivity contribution >= 4 is 23.4 Å². The van der Waals surface area contributed by atoms with E-state index in [0.717, 1.165) is 0 Å². The molecule has 7 nitrogen and oxygen atoms in total. The van der Waals surface area contributed by atoms with E-state index < -0.39 is 23.3 Å². The Morgan fingerprint density at radius 1 is 1.05 bits per heavy atom. The highest BCUT2D eigenvalue weighted by atomic mass is 16.5. The van der Waals surface area contributed by atoms with Crippen molar-refractivity contribution in [2.24, 2.45) is 11.5 Å². The van der Waals surface area contributed by atoms with E-state index in [0.29, 0.717) is 0 Å². The van der Waals surface area contributed by atoms with E-state index >= 15 is 0 Å². The van der Waals surface area contributed by atoms with Gasteiger partial charge in [-0.05, 0) is 39.0 Å². The number of hydrogen-bond donors (Lipinski definition) is 3. The van der Waals surface area contributed by atoms with Crippen LogP contribution < -0.4 is 16.8 Å². The molecule has 0 aromatic heterocycles. The van der Waals surface area contributed by atoms with Crippen LogP contribution in [0.2, 0.25) is 0 Å². The second-order valence-electron chi connectivity index (χ2n) is 5.48. The molecular weight excluding hydrogens is 274 g/mol. The Labute approximate surface area is 122 Å². The molecule has 0 atom stereocenters. The molecule has 114 valence electrons. The molecule has 0 aliphatic carbocycles. The molecule has 5 N–H and O–H groups in total. The fourth-order valence-corrected chi connectivity index (χ4v) is 1.46. The zero-order chi connectivity index (χ0) is 16.2. The van der Waals surface area contributed by atoms with E-state index in [9.17, 15) is 14.4 Å². The number of carbonyl (C=O) groups is 3. The van der Waals surface area contributed by atoms with Crippen LogP contribution in [0.1, 0.15) is 41.5 Å². The quantitative estimate of drug-likeness (QED) is 0.736. The summed E-state index contributed by atoms with van der Waals surface area (Å²) in [5, 5.41) is 2.53. The van der Waals surface area contributed by atoms with Crippen molar-refractivity contribution in [2.75, 3.05) is 11.9 Å². The fraction of sp³-hybridized carbons (Fsp3) is 0.357. The number of primary amides is 2. The molecule has 7 heteroatoms. The Morgan fingerprint density at radius 3 is 1.90 bits per heavy atom. The summed E-state index contributed by atoms with van der Waals surface area (Å²) in [7, 11) is 0. The lowest BCUT2D eigenvalue weighted by molar-refractivity contribution is -0.125. The van der Waals surface area contributed by atoms with Gasteiger partial charge in [0, 0.05) is 16.8 Å². The Kier molecular flexibility index (Phi) is 5.04.